The zero-order valence-electron chi connectivity index (χ0n) is 11.9. The normalized spacial score (nSPS) is 11.3. The minimum Gasteiger partial charge on any atom is -0.399 e. The Hall–Kier alpha value is -1.51. The molecule has 100 valence electrons. The summed E-state index contributed by atoms with van der Waals surface area (Å²) in [7, 11) is 0. The highest BCUT2D eigenvalue weighted by molar-refractivity contribution is 5.77. The molecule has 0 heterocycles. The second kappa shape index (κ2) is 5.89. The maximum Gasteiger partial charge on any atom is 0.223 e. The van der Waals surface area contributed by atoms with Gasteiger partial charge in [-0.2, -0.15) is 0 Å². The van der Waals surface area contributed by atoms with E-state index >= 15 is 0 Å². The van der Waals surface area contributed by atoms with Crippen molar-refractivity contribution < 1.29 is 4.79 Å². The molecule has 0 atom stereocenters. The molecule has 0 aliphatic carbocycles. The number of rotatable bonds is 4. The number of nitrogen functional groups attached to an aromatic ring is 1. The van der Waals surface area contributed by atoms with Crippen molar-refractivity contribution in [2.24, 2.45) is 0 Å². The predicted molar refractivity (Wildman–Crippen MR) is 76.3 cm³/mol. The quantitative estimate of drug-likeness (QED) is 0.833. The number of carbonyl (C=O) groups excluding carboxylic acids is 1. The molecule has 0 aliphatic heterocycles. The van der Waals surface area contributed by atoms with Gasteiger partial charge in [-0.25, -0.2) is 0 Å². The van der Waals surface area contributed by atoms with Crippen molar-refractivity contribution >= 4 is 11.6 Å². The van der Waals surface area contributed by atoms with E-state index in [9.17, 15) is 4.79 Å². The molecule has 0 bridgehead atoms. The van der Waals surface area contributed by atoms with Crippen LogP contribution in [-0.2, 0) is 11.2 Å². The molecule has 3 nitrogen and oxygen atoms in total. The molecule has 1 aromatic rings. The first kappa shape index (κ1) is 14.6. The number of nitrogens with two attached hydrogens (primary N) is 1. The van der Waals surface area contributed by atoms with E-state index in [4.69, 9.17) is 5.73 Å². The van der Waals surface area contributed by atoms with E-state index in [-0.39, 0.29) is 11.4 Å². The van der Waals surface area contributed by atoms with Crippen molar-refractivity contribution in [3.05, 3.63) is 29.8 Å². The zero-order chi connectivity index (χ0) is 13.8. The topological polar surface area (TPSA) is 46.3 Å². The summed E-state index contributed by atoms with van der Waals surface area (Å²) in [5.74, 6) is 0.201. The fourth-order valence-electron chi connectivity index (χ4n) is 2.16. The van der Waals surface area contributed by atoms with Crippen molar-refractivity contribution in [2.75, 3.05) is 12.3 Å². The number of anilines is 1. The first-order valence-corrected chi connectivity index (χ1v) is 6.49. The smallest absolute Gasteiger partial charge is 0.223 e. The van der Waals surface area contributed by atoms with Crippen LogP contribution < -0.4 is 5.73 Å². The van der Waals surface area contributed by atoms with Crippen molar-refractivity contribution in [3.8, 4) is 0 Å². The van der Waals surface area contributed by atoms with Crippen molar-refractivity contribution in [1.82, 2.24) is 4.90 Å². The first-order chi connectivity index (χ1) is 8.34. The van der Waals surface area contributed by atoms with Crippen molar-refractivity contribution in [3.63, 3.8) is 0 Å². The van der Waals surface area contributed by atoms with Crippen LogP contribution in [0.4, 0.5) is 5.69 Å². The Labute approximate surface area is 110 Å². The summed E-state index contributed by atoms with van der Waals surface area (Å²) in [6, 6.07) is 7.73. The van der Waals surface area contributed by atoms with Crippen LogP contribution in [-0.4, -0.2) is 22.9 Å². The summed E-state index contributed by atoms with van der Waals surface area (Å²) in [4.78, 5) is 14.1. The van der Waals surface area contributed by atoms with Gasteiger partial charge >= 0.3 is 0 Å². The largest absolute Gasteiger partial charge is 0.399 e. The molecule has 0 aliphatic rings. The summed E-state index contributed by atoms with van der Waals surface area (Å²) < 4.78 is 0. The molecule has 0 spiro atoms. The average Bonchev–Trinajstić information content (AvgIpc) is 2.25. The molecule has 18 heavy (non-hydrogen) atoms. The highest BCUT2D eigenvalue weighted by Crippen LogP contribution is 2.16. The zero-order valence-corrected chi connectivity index (χ0v) is 11.9. The monoisotopic (exact) mass is 248 g/mol. The van der Waals surface area contributed by atoms with Gasteiger partial charge in [-0.15, -0.1) is 0 Å². The van der Waals surface area contributed by atoms with Crippen molar-refractivity contribution in [1.29, 1.82) is 0 Å². The van der Waals surface area contributed by atoms with E-state index < -0.39 is 0 Å². The van der Waals surface area contributed by atoms with Crippen LogP contribution in [0.3, 0.4) is 0 Å². The van der Waals surface area contributed by atoms with Gasteiger partial charge in [-0.05, 0) is 51.8 Å². The minimum absolute atomic E-state index is 0.110. The van der Waals surface area contributed by atoms with Gasteiger partial charge in [0, 0.05) is 24.2 Å². The molecule has 0 unspecified atom stereocenters. The lowest BCUT2D eigenvalue weighted by molar-refractivity contribution is -0.135. The van der Waals surface area contributed by atoms with E-state index in [0.29, 0.717) is 6.42 Å². The molecule has 1 amide bonds. The van der Waals surface area contributed by atoms with Crippen LogP contribution in [0.15, 0.2) is 24.3 Å². The molecule has 0 saturated heterocycles. The molecule has 0 radical (unpaired) electrons. The number of hydrogen-bond acceptors (Lipinski definition) is 2. The standard InChI is InChI=1S/C15H24N2O/c1-5-17(15(2,3)4)14(18)10-9-12-7-6-8-13(16)11-12/h6-8,11H,5,9-10,16H2,1-4H3. The molecule has 3 heteroatoms. The Kier molecular flexibility index (Phi) is 4.76. The highest BCUT2D eigenvalue weighted by atomic mass is 16.2. The third kappa shape index (κ3) is 4.06. The second-order valence-electron chi connectivity index (χ2n) is 5.55. The Bertz CT molecular complexity index is 407. The van der Waals surface area contributed by atoms with Gasteiger partial charge in [0.1, 0.15) is 0 Å². The molecule has 0 saturated carbocycles. The number of hydrogen-bond donors (Lipinski definition) is 1. The fraction of sp³-hybridized carbons (Fsp3) is 0.533. The lowest BCUT2D eigenvalue weighted by atomic mass is 10.0. The maximum absolute atomic E-state index is 12.2. The van der Waals surface area contributed by atoms with Crippen LogP contribution >= 0.6 is 0 Å². The van der Waals surface area contributed by atoms with Crippen molar-refractivity contribution in [2.45, 2.75) is 46.1 Å². The molecule has 2 N–H and O–H groups in total. The van der Waals surface area contributed by atoms with E-state index in [1.54, 1.807) is 0 Å². The van der Waals surface area contributed by atoms with E-state index in [1.165, 1.54) is 0 Å². The summed E-state index contributed by atoms with van der Waals surface area (Å²) in [5.41, 5.74) is 7.49. The summed E-state index contributed by atoms with van der Waals surface area (Å²) in [6.07, 6.45) is 1.28. The van der Waals surface area contributed by atoms with Crippen LogP contribution in [0, 0.1) is 0 Å². The van der Waals surface area contributed by atoms with Crippen LogP contribution in [0.2, 0.25) is 0 Å². The van der Waals surface area contributed by atoms with Gasteiger partial charge < -0.3 is 10.6 Å². The van der Waals surface area contributed by atoms with Crippen LogP contribution in [0.25, 0.3) is 0 Å². The number of aryl methyl sites for hydroxylation is 1. The van der Waals surface area contributed by atoms with Gasteiger partial charge in [0.15, 0.2) is 0 Å². The molecule has 0 aromatic heterocycles. The third-order valence-electron chi connectivity index (χ3n) is 3.01. The van der Waals surface area contributed by atoms with Gasteiger partial charge in [-0.1, -0.05) is 12.1 Å². The summed E-state index contributed by atoms with van der Waals surface area (Å²) >= 11 is 0. The molecule has 1 rings (SSSR count). The number of benzene rings is 1. The Morgan fingerprint density at radius 1 is 1.33 bits per heavy atom. The first-order valence-electron chi connectivity index (χ1n) is 6.49. The number of amides is 1. The van der Waals surface area contributed by atoms with Gasteiger partial charge in [0.2, 0.25) is 5.91 Å². The van der Waals surface area contributed by atoms with E-state index in [2.05, 4.69) is 20.8 Å². The SMILES string of the molecule is CCN(C(=O)CCc1cccc(N)c1)C(C)(C)C. The Morgan fingerprint density at radius 2 is 2.00 bits per heavy atom. The van der Waals surface area contributed by atoms with Gasteiger partial charge in [-0.3, -0.25) is 4.79 Å². The summed E-state index contributed by atoms with van der Waals surface area (Å²) in [5, 5.41) is 0. The van der Waals surface area contributed by atoms with Crippen LogP contribution in [0.1, 0.15) is 39.7 Å². The number of carbonyl (C=O) groups is 1. The maximum atomic E-state index is 12.2. The molecular weight excluding hydrogens is 224 g/mol. The van der Waals surface area contributed by atoms with Crippen LogP contribution in [0.5, 0.6) is 0 Å². The van der Waals surface area contributed by atoms with Gasteiger partial charge in [0.25, 0.3) is 0 Å². The lowest BCUT2D eigenvalue weighted by Gasteiger charge is -2.35. The second-order valence-corrected chi connectivity index (χ2v) is 5.55. The van der Waals surface area contributed by atoms with Gasteiger partial charge in [0.05, 0.1) is 0 Å². The highest BCUT2D eigenvalue weighted by Gasteiger charge is 2.24. The minimum atomic E-state index is -0.110. The average molecular weight is 248 g/mol. The lowest BCUT2D eigenvalue weighted by Crippen LogP contribution is -2.45. The van der Waals surface area contributed by atoms with E-state index in [1.807, 2.05) is 36.1 Å². The molecule has 0 fully saturated rings. The van der Waals surface area contributed by atoms with E-state index in [0.717, 1.165) is 24.2 Å². The predicted octanol–water partition coefficient (Wildman–Crippen LogP) is 2.85. The molecule has 1 aromatic carbocycles. The Balaban J connectivity index is 2.60. The molecular formula is C15H24N2O. The fourth-order valence-corrected chi connectivity index (χ4v) is 2.16. The number of nitrogens with zero attached hydrogens (tertiary/aromatic N) is 1. The Morgan fingerprint density at radius 3 is 2.50 bits per heavy atom. The summed E-state index contributed by atoms with van der Waals surface area (Å²) in [6.45, 7) is 8.96. The third-order valence-corrected chi connectivity index (χ3v) is 3.01.